The molecule has 2 aromatic carbocycles. The molecule has 0 unspecified atom stereocenters. The van der Waals surface area contributed by atoms with Gasteiger partial charge >= 0.3 is 11.5 Å². The average molecular weight is 408 g/mol. The Morgan fingerprint density at radius 3 is 2.50 bits per heavy atom. The summed E-state index contributed by atoms with van der Waals surface area (Å²) in [7, 11) is 1.48. The molecule has 0 saturated carbocycles. The molecule has 30 heavy (non-hydrogen) atoms. The highest BCUT2D eigenvalue weighted by molar-refractivity contribution is 5.76. The molecule has 5 rings (SSSR count). The maximum atomic E-state index is 14.1. The van der Waals surface area contributed by atoms with E-state index in [1.54, 1.807) is 24.4 Å². The summed E-state index contributed by atoms with van der Waals surface area (Å²) >= 11 is 0. The lowest BCUT2D eigenvalue weighted by atomic mass is 10.2. The van der Waals surface area contributed by atoms with E-state index in [-0.39, 0.29) is 34.9 Å². The highest BCUT2D eigenvalue weighted by Crippen LogP contribution is 2.24. The number of aryl methyl sites for hydroxylation is 1. The number of hydrogen-bond donors (Lipinski definition) is 0. The van der Waals surface area contributed by atoms with Crippen LogP contribution in [0.3, 0.4) is 0 Å². The molecule has 150 valence electrons. The summed E-state index contributed by atoms with van der Waals surface area (Å²) in [6.45, 7) is -0.218. The van der Waals surface area contributed by atoms with Crippen LogP contribution in [-0.4, -0.2) is 18.5 Å². The Kier molecular flexibility index (Phi) is 3.92. The van der Waals surface area contributed by atoms with Crippen LogP contribution < -0.4 is 11.2 Å². The van der Waals surface area contributed by atoms with Crippen LogP contribution in [0.15, 0.2) is 68.7 Å². The fourth-order valence-electron chi connectivity index (χ4n) is 3.44. The maximum absolute atomic E-state index is 14.1. The molecule has 5 aromatic rings. The summed E-state index contributed by atoms with van der Waals surface area (Å²) in [5.41, 5.74) is -0.132. The Balaban J connectivity index is 1.73. The number of benzene rings is 2. The first kappa shape index (κ1) is 18.0. The zero-order valence-electron chi connectivity index (χ0n) is 15.7. The van der Waals surface area contributed by atoms with E-state index in [1.807, 2.05) is 0 Å². The largest absolute Gasteiger partial charge is 0.423 e. The minimum absolute atomic E-state index is 0.111. The predicted molar refractivity (Wildman–Crippen MR) is 105 cm³/mol. The molecule has 0 atom stereocenters. The normalized spacial score (nSPS) is 11.6. The van der Waals surface area contributed by atoms with Gasteiger partial charge in [0.25, 0.3) is 5.56 Å². The van der Waals surface area contributed by atoms with Gasteiger partial charge in [-0.2, -0.15) is 4.98 Å². The van der Waals surface area contributed by atoms with Gasteiger partial charge in [0.2, 0.25) is 0 Å². The van der Waals surface area contributed by atoms with Crippen molar-refractivity contribution >= 4 is 17.0 Å². The van der Waals surface area contributed by atoms with Crippen molar-refractivity contribution in [2.75, 3.05) is 0 Å². The van der Waals surface area contributed by atoms with Crippen LogP contribution in [0.5, 0.6) is 0 Å². The number of rotatable bonds is 3. The number of fused-ring (bicyclic) bond motifs is 3. The molecule has 0 fully saturated rings. The number of imidazole rings is 1. The van der Waals surface area contributed by atoms with Gasteiger partial charge in [-0.1, -0.05) is 18.2 Å². The van der Waals surface area contributed by atoms with Crippen molar-refractivity contribution in [3.8, 4) is 11.3 Å². The summed E-state index contributed by atoms with van der Waals surface area (Å²) in [6.07, 6.45) is 1.55. The third-order valence-corrected chi connectivity index (χ3v) is 5.01. The van der Waals surface area contributed by atoms with Crippen molar-refractivity contribution in [3.05, 3.63) is 92.8 Å². The monoisotopic (exact) mass is 408 g/mol. The van der Waals surface area contributed by atoms with E-state index >= 15 is 0 Å². The van der Waals surface area contributed by atoms with Crippen molar-refractivity contribution in [2.45, 2.75) is 6.54 Å². The molecule has 0 saturated heterocycles. The fourth-order valence-corrected chi connectivity index (χ4v) is 3.44. The molecule has 7 nitrogen and oxygen atoms in total. The first-order chi connectivity index (χ1) is 14.4. The molecule has 9 heteroatoms. The minimum Gasteiger partial charge on any atom is -0.423 e. The third-order valence-electron chi connectivity index (χ3n) is 5.01. The van der Waals surface area contributed by atoms with Gasteiger partial charge < -0.3 is 4.42 Å². The topological polar surface area (TPSA) is 74.4 Å². The molecule has 0 aliphatic heterocycles. The lowest BCUT2D eigenvalue weighted by molar-refractivity contribution is 0.582. The second-order valence-electron chi connectivity index (χ2n) is 6.86. The number of halogens is 2. The van der Waals surface area contributed by atoms with E-state index in [1.165, 1.54) is 46.3 Å². The van der Waals surface area contributed by atoms with E-state index < -0.39 is 17.1 Å². The SMILES string of the molecule is Cn1c(=O)n(Cc2ccccc2F)c(=O)c2c1nc1oc(-c3ccc(F)cc3)cn12. The lowest BCUT2D eigenvalue weighted by Gasteiger charge is -2.08. The van der Waals surface area contributed by atoms with Crippen LogP contribution in [0, 0.1) is 11.6 Å². The van der Waals surface area contributed by atoms with Gasteiger partial charge in [-0.3, -0.25) is 18.3 Å². The van der Waals surface area contributed by atoms with E-state index in [4.69, 9.17) is 4.42 Å². The number of nitrogens with zero attached hydrogens (tertiary/aromatic N) is 4. The highest BCUT2D eigenvalue weighted by atomic mass is 19.1. The Morgan fingerprint density at radius 2 is 1.77 bits per heavy atom. The smallest absolute Gasteiger partial charge is 0.332 e. The van der Waals surface area contributed by atoms with E-state index in [0.717, 1.165) is 4.57 Å². The van der Waals surface area contributed by atoms with E-state index in [9.17, 15) is 18.4 Å². The van der Waals surface area contributed by atoms with Crippen molar-refractivity contribution in [1.82, 2.24) is 18.5 Å². The first-order valence-electron chi connectivity index (χ1n) is 9.05. The van der Waals surface area contributed by atoms with Crippen LogP contribution >= 0.6 is 0 Å². The Hall–Kier alpha value is -4.01. The van der Waals surface area contributed by atoms with Crippen LogP contribution in [0.2, 0.25) is 0 Å². The van der Waals surface area contributed by atoms with Crippen LogP contribution in [0.4, 0.5) is 8.78 Å². The minimum atomic E-state index is -0.615. The van der Waals surface area contributed by atoms with E-state index in [0.29, 0.717) is 11.3 Å². The molecule has 3 aromatic heterocycles. The first-order valence-corrected chi connectivity index (χ1v) is 9.05. The zero-order valence-corrected chi connectivity index (χ0v) is 15.7. The Labute approximate surface area is 167 Å². The second kappa shape index (κ2) is 6.51. The lowest BCUT2D eigenvalue weighted by Crippen LogP contribution is -2.39. The molecule has 0 spiro atoms. The standard InChI is InChI=1S/C21H14F2N4O3/c1-25-18-17(19(28)27(21(25)29)10-13-4-2-3-5-15(13)23)26-11-16(30-20(26)24-18)12-6-8-14(22)9-7-12/h2-9,11H,10H2,1H3. The predicted octanol–water partition coefficient (Wildman–Crippen LogP) is 2.93. The third kappa shape index (κ3) is 2.66. The highest BCUT2D eigenvalue weighted by Gasteiger charge is 2.20. The quantitative estimate of drug-likeness (QED) is 0.460. The van der Waals surface area contributed by atoms with E-state index in [2.05, 4.69) is 4.98 Å². The number of oxazole rings is 1. The van der Waals surface area contributed by atoms with Gasteiger partial charge in [-0.25, -0.2) is 13.6 Å². The van der Waals surface area contributed by atoms with Crippen LogP contribution in [0.1, 0.15) is 5.56 Å². The summed E-state index contributed by atoms with van der Waals surface area (Å²) in [4.78, 5) is 30.1. The zero-order chi connectivity index (χ0) is 21.0. The van der Waals surface area contributed by atoms with Crippen molar-refractivity contribution < 1.29 is 13.2 Å². The van der Waals surface area contributed by atoms with Gasteiger partial charge in [0.05, 0.1) is 12.7 Å². The summed E-state index contributed by atoms with van der Waals surface area (Å²) in [5.74, 6) is -0.396. The molecule has 0 bridgehead atoms. The summed E-state index contributed by atoms with van der Waals surface area (Å²) in [5, 5.41) is 0. The molecule has 0 N–H and O–H groups in total. The molecular formula is C21H14F2N4O3. The van der Waals surface area contributed by atoms with Crippen LogP contribution in [0.25, 0.3) is 28.3 Å². The molecule has 3 heterocycles. The van der Waals surface area contributed by atoms with Gasteiger partial charge in [-0.05, 0) is 30.3 Å². The van der Waals surface area contributed by atoms with Crippen molar-refractivity contribution in [2.24, 2.45) is 7.05 Å². The Bertz CT molecular complexity index is 1540. The molecular weight excluding hydrogens is 394 g/mol. The molecule has 0 radical (unpaired) electrons. The fraction of sp³-hybridized carbons (Fsp3) is 0.0952. The van der Waals surface area contributed by atoms with Gasteiger partial charge in [-0.15, -0.1) is 0 Å². The van der Waals surface area contributed by atoms with Crippen molar-refractivity contribution in [1.29, 1.82) is 0 Å². The molecule has 0 amide bonds. The second-order valence-corrected chi connectivity index (χ2v) is 6.86. The average Bonchev–Trinajstić information content (AvgIpc) is 3.29. The molecule has 0 aliphatic carbocycles. The van der Waals surface area contributed by atoms with Crippen molar-refractivity contribution in [3.63, 3.8) is 0 Å². The number of hydrogen-bond acceptors (Lipinski definition) is 4. The van der Waals surface area contributed by atoms with Gasteiger partial charge in [0.15, 0.2) is 16.9 Å². The molecule has 0 aliphatic rings. The van der Waals surface area contributed by atoms with Crippen LogP contribution in [-0.2, 0) is 13.6 Å². The summed E-state index contributed by atoms with van der Waals surface area (Å²) < 4.78 is 36.6. The summed E-state index contributed by atoms with van der Waals surface area (Å²) in [6, 6.07) is 11.6. The maximum Gasteiger partial charge on any atom is 0.332 e. The number of aromatic nitrogens is 4. The van der Waals surface area contributed by atoms with Gasteiger partial charge in [0, 0.05) is 18.2 Å². The Morgan fingerprint density at radius 1 is 1.03 bits per heavy atom. The van der Waals surface area contributed by atoms with Gasteiger partial charge in [0.1, 0.15) is 11.6 Å².